The minimum absolute atomic E-state index is 0.0279. The highest BCUT2D eigenvalue weighted by molar-refractivity contribution is 5.83. The average molecular weight is 358 g/mol. The molecule has 2 heterocycles. The molecular weight excluding hydrogens is 336 g/mol. The van der Waals surface area contributed by atoms with Crippen molar-refractivity contribution in [2.24, 2.45) is 0 Å². The summed E-state index contributed by atoms with van der Waals surface area (Å²) in [6.45, 7) is 0. The fourth-order valence-electron chi connectivity index (χ4n) is 3.43. The van der Waals surface area contributed by atoms with Crippen molar-refractivity contribution in [3.05, 3.63) is 96.1 Å². The third kappa shape index (κ3) is 3.95. The molecule has 1 atom stereocenters. The van der Waals surface area contributed by atoms with Crippen molar-refractivity contribution >= 4 is 16.8 Å². The maximum absolute atomic E-state index is 12.6. The van der Waals surface area contributed by atoms with E-state index in [1.807, 2.05) is 60.8 Å². The predicted octanol–water partition coefficient (Wildman–Crippen LogP) is 4.99. The third-order valence-corrected chi connectivity index (χ3v) is 4.79. The SMILES string of the molecule is O=C(CCCc1c[nH]c2ccccc12)NC(c1ccccc1)c1ccco1. The molecule has 0 aliphatic carbocycles. The Balaban J connectivity index is 1.39. The van der Waals surface area contributed by atoms with Crippen LogP contribution in [0.25, 0.3) is 10.9 Å². The summed E-state index contributed by atoms with van der Waals surface area (Å²) in [4.78, 5) is 15.8. The largest absolute Gasteiger partial charge is 0.467 e. The molecule has 136 valence electrons. The van der Waals surface area contributed by atoms with Crippen molar-refractivity contribution in [2.45, 2.75) is 25.3 Å². The molecule has 0 saturated heterocycles. The number of hydrogen-bond donors (Lipinski definition) is 2. The first-order chi connectivity index (χ1) is 13.3. The number of benzene rings is 2. The van der Waals surface area contributed by atoms with Gasteiger partial charge in [0.15, 0.2) is 0 Å². The first kappa shape index (κ1) is 17.2. The van der Waals surface area contributed by atoms with E-state index in [1.54, 1.807) is 6.26 Å². The van der Waals surface area contributed by atoms with E-state index in [0.717, 1.165) is 29.7 Å². The average Bonchev–Trinajstić information content (AvgIpc) is 3.37. The lowest BCUT2D eigenvalue weighted by Gasteiger charge is -2.17. The molecule has 4 aromatic rings. The molecule has 27 heavy (non-hydrogen) atoms. The van der Waals surface area contributed by atoms with Crippen molar-refractivity contribution in [2.75, 3.05) is 0 Å². The monoisotopic (exact) mass is 358 g/mol. The van der Waals surface area contributed by atoms with Gasteiger partial charge in [-0.1, -0.05) is 48.5 Å². The molecule has 1 amide bonds. The van der Waals surface area contributed by atoms with Crippen LogP contribution >= 0.6 is 0 Å². The molecule has 2 aromatic carbocycles. The van der Waals surface area contributed by atoms with E-state index in [0.29, 0.717) is 6.42 Å². The normalized spacial score (nSPS) is 12.1. The van der Waals surface area contributed by atoms with Gasteiger partial charge in [0.25, 0.3) is 0 Å². The van der Waals surface area contributed by atoms with Crippen LogP contribution in [0.4, 0.5) is 0 Å². The summed E-state index contributed by atoms with van der Waals surface area (Å²) < 4.78 is 5.54. The number of nitrogens with one attached hydrogen (secondary N) is 2. The van der Waals surface area contributed by atoms with Crippen molar-refractivity contribution in [3.63, 3.8) is 0 Å². The highest BCUT2D eigenvalue weighted by Gasteiger charge is 2.19. The van der Waals surface area contributed by atoms with E-state index < -0.39 is 0 Å². The van der Waals surface area contributed by atoms with Crippen molar-refractivity contribution in [1.82, 2.24) is 10.3 Å². The van der Waals surface area contributed by atoms with E-state index in [9.17, 15) is 4.79 Å². The van der Waals surface area contributed by atoms with Gasteiger partial charge in [-0.05, 0) is 42.2 Å². The molecule has 0 aliphatic heterocycles. The lowest BCUT2D eigenvalue weighted by molar-refractivity contribution is -0.121. The molecule has 4 nitrogen and oxygen atoms in total. The second kappa shape index (κ2) is 7.96. The van der Waals surface area contributed by atoms with E-state index in [2.05, 4.69) is 22.4 Å². The molecule has 0 radical (unpaired) electrons. The quantitative estimate of drug-likeness (QED) is 0.489. The Bertz CT molecular complexity index is 1000. The summed E-state index contributed by atoms with van der Waals surface area (Å²) in [5, 5.41) is 4.34. The Morgan fingerprint density at radius 1 is 1.00 bits per heavy atom. The van der Waals surface area contributed by atoms with Crippen molar-refractivity contribution in [1.29, 1.82) is 0 Å². The van der Waals surface area contributed by atoms with Crippen LogP contribution in [0.3, 0.4) is 0 Å². The summed E-state index contributed by atoms with van der Waals surface area (Å²) in [5.74, 6) is 0.770. The zero-order chi connectivity index (χ0) is 18.5. The topological polar surface area (TPSA) is 58.0 Å². The van der Waals surface area contributed by atoms with E-state index in [4.69, 9.17) is 4.42 Å². The first-order valence-electron chi connectivity index (χ1n) is 9.24. The molecule has 0 aliphatic rings. The van der Waals surface area contributed by atoms with Crippen LogP contribution in [0.2, 0.25) is 0 Å². The van der Waals surface area contributed by atoms with Crippen LogP contribution in [0.15, 0.2) is 83.6 Å². The smallest absolute Gasteiger partial charge is 0.220 e. The Morgan fingerprint density at radius 3 is 2.63 bits per heavy atom. The summed E-state index contributed by atoms with van der Waals surface area (Å²) >= 11 is 0. The van der Waals surface area contributed by atoms with Crippen LogP contribution in [0.5, 0.6) is 0 Å². The molecule has 4 heteroatoms. The summed E-state index contributed by atoms with van der Waals surface area (Å²) in [5.41, 5.74) is 3.40. The molecular formula is C23H22N2O2. The molecule has 0 spiro atoms. The molecule has 1 unspecified atom stereocenters. The molecule has 2 N–H and O–H groups in total. The maximum Gasteiger partial charge on any atom is 0.220 e. The Kier molecular flexibility index (Phi) is 5.06. The number of amides is 1. The molecule has 4 rings (SSSR count). The number of para-hydroxylation sites is 1. The van der Waals surface area contributed by atoms with Gasteiger partial charge in [0.2, 0.25) is 5.91 Å². The third-order valence-electron chi connectivity index (χ3n) is 4.79. The fourth-order valence-corrected chi connectivity index (χ4v) is 3.43. The van der Waals surface area contributed by atoms with Crippen LogP contribution < -0.4 is 5.32 Å². The molecule has 2 aromatic heterocycles. The van der Waals surface area contributed by atoms with Gasteiger partial charge in [0.1, 0.15) is 11.8 Å². The van der Waals surface area contributed by atoms with Crippen LogP contribution in [-0.2, 0) is 11.2 Å². The number of carbonyl (C=O) groups excluding carboxylic acids is 1. The fraction of sp³-hybridized carbons (Fsp3) is 0.174. The standard InChI is InChI=1S/C23H22N2O2/c26-22(14-6-10-18-16-24-20-12-5-4-11-19(18)20)25-23(21-13-7-15-27-21)17-8-2-1-3-9-17/h1-5,7-9,11-13,15-16,23-24H,6,10,14H2,(H,25,26). The zero-order valence-corrected chi connectivity index (χ0v) is 15.0. The van der Waals surface area contributed by atoms with Gasteiger partial charge < -0.3 is 14.7 Å². The number of aromatic amines is 1. The van der Waals surface area contributed by atoms with Gasteiger partial charge in [-0.2, -0.15) is 0 Å². The minimum atomic E-state index is -0.262. The highest BCUT2D eigenvalue weighted by Crippen LogP contribution is 2.23. The number of aryl methyl sites for hydroxylation is 1. The van der Waals surface area contributed by atoms with Crippen molar-refractivity contribution in [3.8, 4) is 0 Å². The zero-order valence-electron chi connectivity index (χ0n) is 15.0. The number of aromatic nitrogens is 1. The van der Waals surface area contributed by atoms with Gasteiger partial charge in [-0.3, -0.25) is 4.79 Å². The second-order valence-corrected chi connectivity index (χ2v) is 6.64. The molecule has 0 saturated carbocycles. The summed E-state index contributed by atoms with van der Waals surface area (Å²) in [6, 6.07) is 21.6. The highest BCUT2D eigenvalue weighted by atomic mass is 16.3. The number of fused-ring (bicyclic) bond motifs is 1. The Hall–Kier alpha value is -3.27. The van der Waals surface area contributed by atoms with Gasteiger partial charge >= 0.3 is 0 Å². The van der Waals surface area contributed by atoms with Gasteiger partial charge in [-0.15, -0.1) is 0 Å². The lowest BCUT2D eigenvalue weighted by atomic mass is 10.0. The Labute approximate surface area is 158 Å². The number of hydrogen-bond acceptors (Lipinski definition) is 2. The number of carbonyl (C=O) groups is 1. The lowest BCUT2D eigenvalue weighted by Crippen LogP contribution is -2.28. The summed E-state index contributed by atoms with van der Waals surface area (Å²) in [7, 11) is 0. The maximum atomic E-state index is 12.6. The minimum Gasteiger partial charge on any atom is -0.467 e. The van der Waals surface area contributed by atoms with Gasteiger partial charge in [0, 0.05) is 23.5 Å². The van der Waals surface area contributed by atoms with Gasteiger partial charge in [-0.25, -0.2) is 0 Å². The second-order valence-electron chi connectivity index (χ2n) is 6.64. The molecule has 0 fully saturated rings. The van der Waals surface area contributed by atoms with Crippen LogP contribution in [0, 0.1) is 0 Å². The number of rotatable bonds is 7. The van der Waals surface area contributed by atoms with Gasteiger partial charge in [0.05, 0.1) is 6.26 Å². The van der Waals surface area contributed by atoms with Crippen LogP contribution in [0.1, 0.15) is 35.8 Å². The molecule has 0 bridgehead atoms. The van der Waals surface area contributed by atoms with Crippen molar-refractivity contribution < 1.29 is 9.21 Å². The Morgan fingerprint density at radius 2 is 1.81 bits per heavy atom. The first-order valence-corrected chi connectivity index (χ1v) is 9.24. The van der Waals surface area contributed by atoms with Crippen LogP contribution in [-0.4, -0.2) is 10.9 Å². The number of H-pyrrole nitrogens is 1. The van der Waals surface area contributed by atoms with E-state index in [-0.39, 0.29) is 11.9 Å². The summed E-state index contributed by atoms with van der Waals surface area (Å²) in [6.07, 6.45) is 5.82. The predicted molar refractivity (Wildman–Crippen MR) is 106 cm³/mol. The van der Waals surface area contributed by atoms with E-state index in [1.165, 1.54) is 10.9 Å². The number of furan rings is 1. The van der Waals surface area contributed by atoms with E-state index >= 15 is 0 Å².